The maximum Gasteiger partial charge on any atom is 0.359 e. The standard InChI is InChI=1S/C23H49BO9P2/c1-10-20(6,15-16-17(25)18(26)19(24)31-16)32-34(9,28)22(8,12-3)21(7,11-2)33-35(29,30)23(27,13-4)14-5/h16-19,25-27H,10-15,24H2,1-9H3,(H,29,30)/t16-,17-,18-,19-,20?,21?,22?,34?/m1/s1. The molecule has 1 aliphatic rings. The highest BCUT2D eigenvalue weighted by Crippen LogP contribution is 2.70. The number of aliphatic hydroxyl groups is 3. The van der Waals surface area contributed by atoms with Crippen LogP contribution in [-0.4, -0.2) is 80.7 Å². The number of rotatable bonds is 14. The van der Waals surface area contributed by atoms with E-state index < -0.39 is 61.0 Å². The highest BCUT2D eigenvalue weighted by atomic mass is 31.2. The van der Waals surface area contributed by atoms with Gasteiger partial charge in [-0.2, -0.15) is 0 Å². The molecule has 0 radical (unpaired) electrons. The second kappa shape index (κ2) is 11.5. The van der Waals surface area contributed by atoms with Crippen molar-refractivity contribution in [2.45, 2.75) is 140 Å². The first-order valence-electron chi connectivity index (χ1n) is 12.8. The van der Waals surface area contributed by atoms with Crippen molar-refractivity contribution < 1.29 is 43.1 Å². The van der Waals surface area contributed by atoms with Gasteiger partial charge < -0.3 is 29.5 Å². The zero-order valence-electron chi connectivity index (χ0n) is 23.3. The summed E-state index contributed by atoms with van der Waals surface area (Å²) in [5, 5.41) is 28.2. The van der Waals surface area contributed by atoms with Crippen LogP contribution in [0, 0.1) is 0 Å². The summed E-state index contributed by atoms with van der Waals surface area (Å²) in [6, 6.07) is -0.531. The van der Waals surface area contributed by atoms with Crippen LogP contribution in [0.3, 0.4) is 0 Å². The van der Waals surface area contributed by atoms with E-state index >= 15 is 0 Å². The highest BCUT2D eigenvalue weighted by Gasteiger charge is 2.60. The van der Waals surface area contributed by atoms with Crippen molar-refractivity contribution in [2.24, 2.45) is 0 Å². The third-order valence-electron chi connectivity index (χ3n) is 8.76. The average Bonchev–Trinajstić information content (AvgIpc) is 3.02. The van der Waals surface area contributed by atoms with Crippen LogP contribution >= 0.6 is 15.0 Å². The second-order valence-electron chi connectivity index (χ2n) is 10.8. The zero-order valence-corrected chi connectivity index (χ0v) is 25.1. The fourth-order valence-electron chi connectivity index (χ4n) is 4.94. The van der Waals surface area contributed by atoms with E-state index in [1.54, 1.807) is 49.4 Å². The third kappa shape index (κ3) is 6.29. The summed E-state index contributed by atoms with van der Waals surface area (Å²) in [4.78, 5) is 10.9. The summed E-state index contributed by atoms with van der Waals surface area (Å²) < 4.78 is 45.7. The van der Waals surface area contributed by atoms with Gasteiger partial charge in [-0.05, 0) is 52.9 Å². The Morgan fingerprint density at radius 2 is 1.40 bits per heavy atom. The Labute approximate surface area is 212 Å². The molecule has 9 atom stereocenters. The van der Waals surface area contributed by atoms with E-state index in [2.05, 4.69) is 0 Å². The third-order valence-corrected chi connectivity index (χ3v) is 14.5. The van der Waals surface area contributed by atoms with E-state index in [1.807, 2.05) is 13.8 Å². The largest absolute Gasteiger partial charge is 0.388 e. The molecule has 0 aromatic heterocycles. The quantitative estimate of drug-likeness (QED) is 0.191. The fraction of sp³-hybridized carbons (Fsp3) is 1.00. The lowest BCUT2D eigenvalue weighted by molar-refractivity contribution is -0.0404. The molecule has 0 aromatic rings. The van der Waals surface area contributed by atoms with Crippen LogP contribution in [0.4, 0.5) is 0 Å². The Balaban J connectivity index is 3.38. The summed E-state index contributed by atoms with van der Waals surface area (Å²) >= 11 is 0. The van der Waals surface area contributed by atoms with E-state index in [4.69, 9.17) is 13.8 Å². The molecule has 1 fully saturated rings. The summed E-state index contributed by atoms with van der Waals surface area (Å²) in [5.41, 5.74) is -2.33. The Hall–Kier alpha value is 0.245. The van der Waals surface area contributed by atoms with Crippen LogP contribution in [-0.2, 0) is 22.9 Å². The molecule has 0 bridgehead atoms. The molecule has 208 valence electrons. The van der Waals surface area contributed by atoms with Crippen LogP contribution in [0.25, 0.3) is 0 Å². The van der Waals surface area contributed by atoms with Gasteiger partial charge in [0.05, 0.1) is 28.5 Å². The topological polar surface area (TPSA) is 143 Å². The number of aliphatic hydroxyl groups excluding tert-OH is 2. The van der Waals surface area contributed by atoms with E-state index in [1.165, 1.54) is 6.66 Å². The molecule has 1 rings (SSSR count). The molecule has 0 aromatic carbocycles. The van der Waals surface area contributed by atoms with Crippen LogP contribution in [0.15, 0.2) is 0 Å². The molecule has 0 spiro atoms. The monoisotopic (exact) mass is 542 g/mol. The van der Waals surface area contributed by atoms with Crippen molar-refractivity contribution in [1.82, 2.24) is 0 Å². The summed E-state index contributed by atoms with van der Waals surface area (Å²) in [7, 11) is -6.45. The first kappa shape index (κ1) is 33.3. The van der Waals surface area contributed by atoms with Crippen molar-refractivity contribution in [3.05, 3.63) is 0 Å². The van der Waals surface area contributed by atoms with E-state index in [0.717, 1.165) is 0 Å². The lowest BCUT2D eigenvalue weighted by Gasteiger charge is -2.51. The molecular weight excluding hydrogens is 493 g/mol. The van der Waals surface area contributed by atoms with Gasteiger partial charge in [-0.15, -0.1) is 0 Å². The Morgan fingerprint density at radius 3 is 1.74 bits per heavy atom. The van der Waals surface area contributed by atoms with Gasteiger partial charge in [-0.3, -0.25) is 13.7 Å². The molecule has 35 heavy (non-hydrogen) atoms. The van der Waals surface area contributed by atoms with Gasteiger partial charge >= 0.3 is 7.60 Å². The minimum Gasteiger partial charge on any atom is -0.388 e. The molecule has 0 aliphatic carbocycles. The van der Waals surface area contributed by atoms with Crippen molar-refractivity contribution >= 4 is 22.8 Å². The van der Waals surface area contributed by atoms with E-state index in [0.29, 0.717) is 12.8 Å². The van der Waals surface area contributed by atoms with Gasteiger partial charge in [0.1, 0.15) is 20.1 Å². The van der Waals surface area contributed by atoms with Gasteiger partial charge in [0, 0.05) is 13.1 Å². The maximum absolute atomic E-state index is 14.4. The first-order valence-corrected chi connectivity index (χ1v) is 16.5. The highest BCUT2D eigenvalue weighted by molar-refractivity contribution is 7.60. The van der Waals surface area contributed by atoms with E-state index in [9.17, 15) is 29.3 Å². The minimum atomic E-state index is -4.54. The van der Waals surface area contributed by atoms with Gasteiger partial charge in [0.25, 0.3) is 0 Å². The smallest absolute Gasteiger partial charge is 0.359 e. The summed E-state index contributed by atoms with van der Waals surface area (Å²) in [5.74, 6) is 0. The van der Waals surface area contributed by atoms with Gasteiger partial charge in [-0.1, -0.05) is 34.6 Å². The summed E-state index contributed by atoms with van der Waals surface area (Å²) in [6.45, 7) is 15.4. The van der Waals surface area contributed by atoms with Crippen LogP contribution < -0.4 is 0 Å². The molecule has 0 amide bonds. The fourth-order valence-corrected chi connectivity index (χ4v) is 9.74. The molecule has 1 aliphatic heterocycles. The van der Waals surface area contributed by atoms with E-state index in [-0.39, 0.29) is 25.7 Å². The Bertz CT molecular complexity index is 810. The molecule has 0 saturated carbocycles. The Morgan fingerprint density at radius 1 is 0.886 bits per heavy atom. The van der Waals surface area contributed by atoms with Crippen molar-refractivity contribution in [2.75, 3.05) is 6.66 Å². The Kier molecular flexibility index (Phi) is 11.0. The van der Waals surface area contributed by atoms with Gasteiger partial charge in [0.2, 0.25) is 7.37 Å². The number of hydrogen-bond acceptors (Lipinski definition) is 8. The van der Waals surface area contributed by atoms with Crippen molar-refractivity contribution in [3.8, 4) is 0 Å². The SMILES string of the molecule is B[C@@H]1O[C@H](CC(C)(CC)OP(C)(=O)C(C)(CC)C(C)(CC)OP(=O)(O)C(O)(CC)CC)[C@@H](O)[C@H]1O. The van der Waals surface area contributed by atoms with Crippen molar-refractivity contribution in [3.63, 3.8) is 0 Å². The van der Waals surface area contributed by atoms with Gasteiger partial charge in [0.15, 0.2) is 5.34 Å². The normalized spacial score (nSPS) is 32.1. The van der Waals surface area contributed by atoms with Gasteiger partial charge in [-0.25, -0.2) is 0 Å². The minimum absolute atomic E-state index is 0.0299. The van der Waals surface area contributed by atoms with Crippen LogP contribution in [0.1, 0.15) is 93.9 Å². The molecule has 4 N–H and O–H groups in total. The maximum atomic E-state index is 14.4. The molecular formula is C23H49BO9P2. The second-order valence-corrected chi connectivity index (χ2v) is 15.7. The zero-order chi connectivity index (χ0) is 27.7. The first-order chi connectivity index (χ1) is 15.8. The molecule has 12 heteroatoms. The lowest BCUT2D eigenvalue weighted by atomic mass is 9.85. The molecule has 5 unspecified atom stereocenters. The molecule has 1 heterocycles. The van der Waals surface area contributed by atoms with Crippen LogP contribution in [0.2, 0.25) is 0 Å². The number of ether oxygens (including phenoxy) is 1. The molecule has 1 saturated heterocycles. The lowest BCUT2D eigenvalue weighted by Crippen LogP contribution is -2.52. The predicted octanol–water partition coefficient (Wildman–Crippen LogP) is 3.60. The molecule has 9 nitrogen and oxygen atoms in total. The number of hydrogen-bond donors (Lipinski definition) is 4. The van der Waals surface area contributed by atoms with Crippen molar-refractivity contribution in [1.29, 1.82) is 0 Å². The average molecular weight is 542 g/mol. The summed E-state index contributed by atoms with van der Waals surface area (Å²) in [6.07, 6.45) is -1.49. The predicted molar refractivity (Wildman–Crippen MR) is 141 cm³/mol. The van der Waals surface area contributed by atoms with Crippen LogP contribution in [0.5, 0.6) is 0 Å².